The van der Waals surface area contributed by atoms with Crippen LogP contribution in [0.4, 0.5) is 0 Å². The molecule has 7 N–H and O–H groups in total. The number of hydrogen-bond donors (Lipinski definition) is 4. The van der Waals surface area contributed by atoms with E-state index in [1.54, 1.807) is 213 Å². The molecule has 0 radical (unpaired) electrons. The summed E-state index contributed by atoms with van der Waals surface area (Å²) in [6, 6.07) is 53.7. The van der Waals surface area contributed by atoms with E-state index in [1.165, 1.54) is 80.8 Å². The molecule has 32 heteroatoms. The number of nitrogens with zero attached hydrogens (tertiary/aromatic N) is 10. The zero-order valence-electron chi connectivity index (χ0n) is 67.4. The topological polar surface area (TPSA) is 392 Å². The first-order valence-corrected chi connectivity index (χ1v) is 38.1. The summed E-state index contributed by atoms with van der Waals surface area (Å²) in [5.74, 6) is -1.80. The normalized spacial score (nSPS) is 14.4. The minimum Gasteiger partial charge on any atom is -0.550 e. The molecule has 2 bridgehead atoms. The molecule has 0 amide bonds. The fraction of sp³-hybridized carbons (Fsp3) is 0.276. The molecule has 5 unspecified atom stereocenters. The molecule has 9 heterocycles. The third kappa shape index (κ3) is 31.0. The van der Waals surface area contributed by atoms with Crippen molar-refractivity contribution in [2.45, 2.75) is 62.3 Å². The maximum Gasteiger partial charge on any atom is 1.00 e. The summed E-state index contributed by atoms with van der Waals surface area (Å²) in [5, 5.41) is 61.4. The molecule has 0 aliphatic carbocycles. The van der Waals surface area contributed by atoms with Crippen molar-refractivity contribution in [2.75, 3.05) is 94.6 Å². The van der Waals surface area contributed by atoms with Gasteiger partial charge >= 0.3 is 29.6 Å². The Labute approximate surface area is 731 Å². The number of carboxylic acids is 5. The van der Waals surface area contributed by atoms with E-state index in [1.807, 2.05) is 82.6 Å². The summed E-state index contributed by atoms with van der Waals surface area (Å²) < 4.78 is 34.1. The van der Waals surface area contributed by atoms with Crippen molar-refractivity contribution in [3.05, 3.63) is 297 Å². The number of para-hydroxylation sites is 2. The molecule has 119 heavy (non-hydrogen) atoms. The second kappa shape index (κ2) is 50.8. The first-order chi connectivity index (χ1) is 56.9. The number of hydrogen-bond acceptors (Lipinski definition) is 20. The number of carbonyl (C=O) groups is 5. The monoisotopic (exact) mass is 1800 g/mol. The van der Waals surface area contributed by atoms with Gasteiger partial charge in [-0.2, -0.15) is 0 Å². The van der Waals surface area contributed by atoms with Crippen LogP contribution in [0.5, 0.6) is 28.7 Å². The number of aromatic nitrogens is 11. The average molecular weight is 1800 g/mol. The van der Waals surface area contributed by atoms with Crippen molar-refractivity contribution in [3.8, 4) is 28.7 Å². The zero-order chi connectivity index (χ0) is 83.1. The van der Waals surface area contributed by atoms with E-state index < -0.39 is 29.8 Å². The van der Waals surface area contributed by atoms with Crippen LogP contribution in [0.2, 0.25) is 0 Å². The van der Waals surface area contributed by atoms with E-state index in [4.69, 9.17) is 23.7 Å². The van der Waals surface area contributed by atoms with Crippen LogP contribution in [-0.4, -0.2) is 172 Å². The summed E-state index contributed by atoms with van der Waals surface area (Å²) in [5.41, 5.74) is 6.74. The summed E-state index contributed by atoms with van der Waals surface area (Å²) in [4.78, 5) is 80.9. The summed E-state index contributed by atoms with van der Waals surface area (Å²) in [6.45, 7) is 12.5. The quantitative estimate of drug-likeness (QED) is 0.0323. The number of piperazine rings is 2. The van der Waals surface area contributed by atoms with Gasteiger partial charge in [-0.1, -0.05) is 84.9 Å². The Morgan fingerprint density at radius 2 is 0.563 bits per heavy atom. The zero-order valence-corrected chi connectivity index (χ0v) is 73.0. The van der Waals surface area contributed by atoms with Crippen molar-refractivity contribution in [1.82, 2.24) is 47.8 Å². The smallest absolute Gasteiger partial charge is 0.550 e. The number of nitrogens with one attached hydrogen (secondary N) is 3. The number of pyridine rings is 1. The van der Waals surface area contributed by atoms with Crippen LogP contribution in [-0.2, 0) is 49.8 Å². The van der Waals surface area contributed by atoms with Crippen LogP contribution in [0.3, 0.4) is 0 Å². The Morgan fingerprint density at radius 1 is 0.353 bits per heavy atom. The summed E-state index contributed by atoms with van der Waals surface area (Å²) >= 11 is 0. The number of fused-ring (bicyclic) bond motifs is 4. The van der Waals surface area contributed by atoms with Gasteiger partial charge in [0.05, 0.1) is 97.4 Å². The average Bonchev–Trinajstić information content (AvgIpc) is 1.68. The molecule has 0 spiro atoms. The molecular formula is C87H99HfN15NaO15+. The Hall–Kier alpha value is -11.7. The first kappa shape index (κ1) is 94.5. The molecule has 3 saturated heterocycles. The molecule has 6 aromatic heterocycles. The molecule has 7 aromatic carbocycles. The van der Waals surface area contributed by atoms with E-state index in [9.17, 15) is 49.5 Å². The summed E-state index contributed by atoms with van der Waals surface area (Å²) in [7, 11) is 7.93. The van der Waals surface area contributed by atoms with E-state index in [0.717, 1.165) is 56.6 Å². The van der Waals surface area contributed by atoms with Crippen molar-refractivity contribution in [2.24, 2.45) is 0 Å². The summed E-state index contributed by atoms with van der Waals surface area (Å²) in [6.07, 6.45) is 24.3. The van der Waals surface area contributed by atoms with Crippen LogP contribution in [0, 0.1) is 0 Å². The predicted molar refractivity (Wildman–Crippen MR) is 423 cm³/mol. The van der Waals surface area contributed by atoms with Gasteiger partial charge in [-0.3, -0.25) is 9.80 Å². The van der Waals surface area contributed by atoms with Crippen LogP contribution in [0.25, 0.3) is 21.8 Å². The number of aliphatic carboxylic acids is 5. The Balaban J connectivity index is 0.000000190. The molecule has 3 aliphatic heterocycles. The SMILES string of the molecule is C1C[NH+]2CC[NH+]1C2.C1C[NH2+]CC[NH2+]1.COc1ccc(C(CC(=O)[O-])n2ccnc2)cc1.COc1ccc(C(CC(=O)[O-])n2ccnc2)cc1.COc1ccc(C(CC(=O)[O-])n2ccnc2)cc1.COc1ccc(C(CC(=O)[O-])n2ccnc2)cc1.COc1ccc(C(CC(=O)[O-])n2ccnc2)cc1.[Hf].[Na+].c1ccc2[nH+]c3ccccc3cc2c1. The van der Waals surface area contributed by atoms with Gasteiger partial charge in [-0.15, -0.1) is 0 Å². The molecule has 616 valence electrons. The number of benzene rings is 7. The second-order valence-electron chi connectivity index (χ2n) is 27.2. The van der Waals surface area contributed by atoms with E-state index >= 15 is 0 Å². The predicted octanol–water partition coefficient (Wildman–Crippen LogP) is -3.22. The van der Waals surface area contributed by atoms with E-state index in [-0.39, 0.29) is 118 Å². The van der Waals surface area contributed by atoms with Gasteiger partial charge in [0, 0.05) is 173 Å². The maximum atomic E-state index is 10.8. The minimum absolute atomic E-state index is 0. The van der Waals surface area contributed by atoms with Crippen LogP contribution >= 0.6 is 0 Å². The van der Waals surface area contributed by atoms with Crippen LogP contribution in [0.15, 0.2) is 270 Å². The maximum absolute atomic E-state index is 10.8. The van der Waals surface area contributed by atoms with Crippen molar-refractivity contribution < 1.29 is 154 Å². The number of rotatable bonds is 25. The first-order valence-electron chi connectivity index (χ1n) is 38.1. The number of aromatic amines is 1. The molecule has 30 nitrogen and oxygen atoms in total. The number of methoxy groups -OCH3 is 5. The third-order valence-corrected chi connectivity index (χ3v) is 19.5. The standard InChI is InChI=1S/5C13H14N2O3.C13H9N.C5H10N2.C4H10N2.Hf.Na/c5*1-18-11-4-2-10(3-5-11)12(8-13(16)17)15-7-6-14-9-15;1-3-7-12-10(5-1)9-11-6-2-4-8-13(11)14-12;1-2-7-4-3-6(1)5-7;1-2-6-4-3-5-1;;/h5*2-7,9,12H,8H2,1H3,(H,16,17);1-9H;1-5H2;5-6H,1-4H2;;/q;;;;;;;;;+1. The molecule has 3 aliphatic rings. The van der Waals surface area contributed by atoms with E-state index in [0.29, 0.717) is 0 Å². The number of carbonyl (C=O) groups excluding carboxylic acids is 5. The fourth-order valence-corrected chi connectivity index (χ4v) is 13.4. The number of quaternary nitrogens is 4. The number of carboxylic acid groups (broad SMARTS) is 5. The van der Waals surface area contributed by atoms with Crippen molar-refractivity contribution in [3.63, 3.8) is 0 Å². The Morgan fingerprint density at radius 3 is 0.723 bits per heavy atom. The molecular weight excluding hydrogens is 1700 g/mol. The van der Waals surface area contributed by atoms with Gasteiger partial charge in [-0.05, 0) is 107 Å². The second-order valence-corrected chi connectivity index (χ2v) is 27.2. The van der Waals surface area contributed by atoms with E-state index in [2.05, 4.69) is 83.0 Å². The third-order valence-electron chi connectivity index (χ3n) is 19.5. The van der Waals surface area contributed by atoms with Gasteiger partial charge < -0.3 is 107 Å². The molecule has 5 atom stereocenters. The Kier molecular flexibility index (Phi) is 40.4. The number of H-pyrrole nitrogens is 1. The number of ether oxygens (including phenoxy) is 5. The molecule has 13 aromatic rings. The van der Waals surface area contributed by atoms with Crippen molar-refractivity contribution in [1.29, 1.82) is 0 Å². The van der Waals surface area contributed by atoms with Crippen LogP contribution < -0.4 is 104 Å². The van der Waals surface area contributed by atoms with Crippen molar-refractivity contribution >= 4 is 51.7 Å². The van der Waals surface area contributed by atoms with Gasteiger partial charge in [0.1, 0.15) is 81.1 Å². The van der Waals surface area contributed by atoms with Gasteiger partial charge in [0.25, 0.3) is 0 Å². The molecule has 0 saturated carbocycles. The van der Waals surface area contributed by atoms with Gasteiger partial charge in [0.15, 0.2) is 0 Å². The van der Waals surface area contributed by atoms with Crippen LogP contribution in [0.1, 0.15) is 90.1 Å². The Bertz CT molecular complexity index is 4340. The fourth-order valence-electron chi connectivity index (χ4n) is 13.4. The largest absolute Gasteiger partial charge is 1.00 e. The van der Waals surface area contributed by atoms with Gasteiger partial charge in [0.2, 0.25) is 17.7 Å². The molecule has 3 fully saturated rings. The number of nitrogens with two attached hydrogens (primary N) is 2. The number of imidazole rings is 5. The molecule has 16 rings (SSSR count). The van der Waals surface area contributed by atoms with Gasteiger partial charge in [-0.25, -0.2) is 29.9 Å². The minimum atomic E-state index is -1.09.